The molecule has 2 aromatic rings. The molecule has 0 bridgehead atoms. The lowest BCUT2D eigenvalue weighted by atomic mass is 9.98. The Hall–Kier alpha value is -4.26. The van der Waals surface area contributed by atoms with E-state index in [1.165, 1.54) is 16.0 Å². The van der Waals surface area contributed by atoms with Gasteiger partial charge in [-0.25, -0.2) is 9.78 Å². The van der Waals surface area contributed by atoms with Gasteiger partial charge >= 0.3 is 12.1 Å². The Morgan fingerprint density at radius 2 is 1.74 bits per heavy atom. The molecule has 2 amide bonds. The lowest BCUT2D eigenvalue weighted by Crippen LogP contribution is -2.55. The number of rotatable bonds is 11. The summed E-state index contributed by atoms with van der Waals surface area (Å²) in [6, 6.07) is 9.54. The number of hydroxylamine groups is 2. The smallest absolute Gasteiger partial charge is 0.481 e. The minimum absolute atomic E-state index is 0.00967. The summed E-state index contributed by atoms with van der Waals surface area (Å²) in [5.41, 5.74) is 0.706. The summed E-state index contributed by atoms with van der Waals surface area (Å²) in [4.78, 5) is 65.5. The van der Waals surface area contributed by atoms with Crippen LogP contribution in [0.1, 0.15) is 62.4 Å². The van der Waals surface area contributed by atoms with Crippen LogP contribution in [0, 0.1) is 0 Å². The summed E-state index contributed by atoms with van der Waals surface area (Å²) in [5, 5.41) is 13.4. The number of benzene rings is 1. The molecule has 1 saturated heterocycles. The molecule has 1 atom stereocenters. The third-order valence-electron chi connectivity index (χ3n) is 7.07. The summed E-state index contributed by atoms with van der Waals surface area (Å²) in [6.45, 7) is 2.73. The Morgan fingerprint density at radius 3 is 2.40 bits per heavy atom. The third-order valence-corrected chi connectivity index (χ3v) is 7.07. The molecule has 0 radical (unpaired) electrons. The van der Waals surface area contributed by atoms with Crippen molar-refractivity contribution in [2.45, 2.75) is 64.0 Å². The maximum atomic E-state index is 13.5. The number of ether oxygens (including phenoxy) is 2. The first-order valence-electron chi connectivity index (χ1n) is 14.3. The highest BCUT2D eigenvalue weighted by molar-refractivity contribution is 5.96. The summed E-state index contributed by atoms with van der Waals surface area (Å²) in [7, 11) is 0. The molecule has 2 fully saturated rings. The Morgan fingerprint density at radius 1 is 1.02 bits per heavy atom. The van der Waals surface area contributed by atoms with E-state index in [9.17, 15) is 24.3 Å². The van der Waals surface area contributed by atoms with Gasteiger partial charge in [-0.3, -0.25) is 14.4 Å². The molecule has 226 valence electrons. The zero-order valence-corrected chi connectivity index (χ0v) is 23.7. The monoisotopic (exact) mass is 583 g/mol. The van der Waals surface area contributed by atoms with Crippen LogP contribution in [0.4, 0.5) is 4.79 Å². The number of carbonyl (C=O) groups excluding carboxylic acids is 3. The average Bonchev–Trinajstić information content (AvgIpc) is 3.00. The Kier molecular flexibility index (Phi) is 11.0. The lowest BCUT2D eigenvalue weighted by Gasteiger charge is -2.35. The second-order valence-corrected chi connectivity index (χ2v) is 10.1. The predicted octanol–water partition coefficient (Wildman–Crippen LogP) is 3.05. The molecule has 2 heterocycles. The quantitative estimate of drug-likeness (QED) is 0.374. The SMILES string of the molecule is CCOC(=O)ON1CCN(C(=O)[C@H](CCC(=O)O)NC(=O)c2cc(OC3CCCCC3)nc(-c3ccccc3)n2)CC1. The number of aliphatic carboxylic acids is 1. The molecule has 0 unspecified atom stereocenters. The highest BCUT2D eigenvalue weighted by Gasteiger charge is 2.31. The zero-order chi connectivity index (χ0) is 29.9. The van der Waals surface area contributed by atoms with Crippen LogP contribution in [0.25, 0.3) is 11.4 Å². The predicted molar refractivity (Wildman–Crippen MR) is 149 cm³/mol. The molecule has 1 aromatic heterocycles. The first-order valence-corrected chi connectivity index (χ1v) is 14.3. The summed E-state index contributed by atoms with van der Waals surface area (Å²) >= 11 is 0. The van der Waals surface area contributed by atoms with Gasteiger partial charge in [0, 0.05) is 31.1 Å². The van der Waals surface area contributed by atoms with Crippen molar-refractivity contribution in [3.05, 3.63) is 42.1 Å². The fourth-order valence-corrected chi connectivity index (χ4v) is 4.90. The third kappa shape index (κ3) is 8.87. The fraction of sp³-hybridized carbons (Fsp3) is 0.517. The van der Waals surface area contributed by atoms with Gasteiger partial charge in [0.2, 0.25) is 11.8 Å². The van der Waals surface area contributed by atoms with Crippen LogP contribution in [0.15, 0.2) is 36.4 Å². The van der Waals surface area contributed by atoms with E-state index in [1.807, 2.05) is 30.3 Å². The highest BCUT2D eigenvalue weighted by atomic mass is 16.8. The molecular formula is C29H37N5O8. The summed E-state index contributed by atoms with van der Waals surface area (Å²) < 4.78 is 10.9. The number of carboxylic acid groups (broad SMARTS) is 1. The van der Waals surface area contributed by atoms with E-state index in [0.717, 1.165) is 32.1 Å². The van der Waals surface area contributed by atoms with E-state index >= 15 is 0 Å². The van der Waals surface area contributed by atoms with E-state index in [2.05, 4.69) is 15.3 Å². The second kappa shape index (κ2) is 15.1. The van der Waals surface area contributed by atoms with Gasteiger partial charge in [-0.2, -0.15) is 4.98 Å². The van der Waals surface area contributed by atoms with Crippen molar-refractivity contribution in [1.29, 1.82) is 0 Å². The normalized spacial score (nSPS) is 16.7. The molecule has 1 aromatic carbocycles. The van der Waals surface area contributed by atoms with E-state index < -0.39 is 30.0 Å². The number of nitrogens with zero attached hydrogens (tertiary/aromatic N) is 4. The molecule has 2 aliphatic rings. The van der Waals surface area contributed by atoms with Crippen molar-refractivity contribution in [1.82, 2.24) is 25.2 Å². The van der Waals surface area contributed by atoms with Gasteiger partial charge in [0.25, 0.3) is 5.91 Å². The van der Waals surface area contributed by atoms with Crippen LogP contribution in [0.2, 0.25) is 0 Å². The van der Waals surface area contributed by atoms with Gasteiger partial charge in [-0.15, -0.1) is 5.06 Å². The molecule has 4 rings (SSSR count). The first-order chi connectivity index (χ1) is 20.3. The van der Waals surface area contributed by atoms with Crippen LogP contribution in [-0.2, 0) is 19.2 Å². The molecular weight excluding hydrogens is 546 g/mol. The first kappa shape index (κ1) is 30.7. The molecule has 1 saturated carbocycles. The molecule has 1 aliphatic carbocycles. The number of carboxylic acids is 1. The fourth-order valence-electron chi connectivity index (χ4n) is 4.90. The van der Waals surface area contributed by atoms with Gasteiger partial charge in [-0.1, -0.05) is 36.8 Å². The van der Waals surface area contributed by atoms with Crippen LogP contribution in [0.5, 0.6) is 5.88 Å². The van der Waals surface area contributed by atoms with Gasteiger partial charge < -0.3 is 29.6 Å². The largest absolute Gasteiger partial charge is 0.527 e. The van der Waals surface area contributed by atoms with Crippen molar-refractivity contribution in [2.24, 2.45) is 0 Å². The average molecular weight is 584 g/mol. The molecule has 13 nitrogen and oxygen atoms in total. The summed E-state index contributed by atoms with van der Waals surface area (Å²) in [6.07, 6.45) is 3.81. The van der Waals surface area contributed by atoms with E-state index in [0.29, 0.717) is 11.4 Å². The van der Waals surface area contributed by atoms with Gasteiger partial charge in [0.1, 0.15) is 17.8 Å². The number of nitrogens with one attached hydrogen (secondary N) is 1. The topological polar surface area (TPSA) is 160 Å². The number of hydrogen-bond acceptors (Lipinski definition) is 10. The standard InChI is InChI=1S/C29H37N5O8/c1-2-40-29(39)42-34-17-15-33(16-18-34)28(38)22(13-14-25(35)36)31-27(37)23-19-24(41-21-11-7-4-8-12-21)32-26(30-23)20-9-5-3-6-10-20/h3,5-6,9-10,19,21-22H,2,4,7-8,11-18H2,1H3,(H,31,37)(H,35,36)/t22-/m0/s1. The molecule has 42 heavy (non-hydrogen) atoms. The van der Waals surface area contributed by atoms with Gasteiger partial charge in [0.05, 0.1) is 19.7 Å². The number of carbonyl (C=O) groups is 4. The van der Waals surface area contributed by atoms with Crippen molar-refractivity contribution in [3.8, 4) is 17.3 Å². The molecule has 2 N–H and O–H groups in total. The lowest BCUT2D eigenvalue weighted by molar-refractivity contribution is -0.157. The Labute approximate surface area is 244 Å². The van der Waals surface area contributed by atoms with Crippen LogP contribution < -0.4 is 10.1 Å². The van der Waals surface area contributed by atoms with Crippen LogP contribution in [0.3, 0.4) is 0 Å². The van der Waals surface area contributed by atoms with Crippen molar-refractivity contribution in [2.75, 3.05) is 32.8 Å². The minimum Gasteiger partial charge on any atom is -0.481 e. The van der Waals surface area contributed by atoms with Crippen LogP contribution >= 0.6 is 0 Å². The van der Waals surface area contributed by atoms with Crippen molar-refractivity contribution >= 4 is 23.9 Å². The molecule has 0 spiro atoms. The number of amides is 2. The van der Waals surface area contributed by atoms with E-state index in [1.54, 1.807) is 6.92 Å². The Bertz CT molecular complexity index is 1230. The number of hydrogen-bond donors (Lipinski definition) is 2. The summed E-state index contributed by atoms with van der Waals surface area (Å²) in [5.74, 6) is -1.59. The zero-order valence-electron chi connectivity index (χ0n) is 23.7. The Balaban J connectivity index is 1.49. The van der Waals surface area contributed by atoms with Gasteiger partial charge in [-0.05, 0) is 39.0 Å². The van der Waals surface area contributed by atoms with E-state index in [4.69, 9.17) is 14.3 Å². The van der Waals surface area contributed by atoms with Gasteiger partial charge in [0.15, 0.2) is 5.82 Å². The number of aromatic nitrogens is 2. The number of piperazine rings is 1. The maximum absolute atomic E-state index is 13.5. The highest BCUT2D eigenvalue weighted by Crippen LogP contribution is 2.25. The molecule has 13 heteroatoms. The van der Waals surface area contributed by atoms with Crippen molar-refractivity contribution in [3.63, 3.8) is 0 Å². The van der Waals surface area contributed by atoms with E-state index in [-0.39, 0.29) is 63.3 Å². The maximum Gasteiger partial charge on any atom is 0.527 e. The van der Waals surface area contributed by atoms with Crippen LogP contribution in [-0.4, -0.2) is 93.9 Å². The molecule has 1 aliphatic heterocycles. The second-order valence-electron chi connectivity index (χ2n) is 10.1. The minimum atomic E-state index is -1.11. The van der Waals surface area contributed by atoms with Crippen molar-refractivity contribution < 1.29 is 38.6 Å².